The van der Waals surface area contributed by atoms with E-state index in [1.165, 1.54) is 5.56 Å². The van der Waals surface area contributed by atoms with E-state index in [2.05, 4.69) is 35.0 Å². The molecule has 0 spiro atoms. The first-order chi connectivity index (χ1) is 14.2. The van der Waals surface area contributed by atoms with Gasteiger partial charge in [-0.2, -0.15) is 5.10 Å². The Bertz CT molecular complexity index is 1090. The van der Waals surface area contributed by atoms with Gasteiger partial charge in [-0.3, -0.25) is 5.01 Å². The topological polar surface area (TPSA) is 59.9 Å². The van der Waals surface area contributed by atoms with E-state index in [0.29, 0.717) is 19.8 Å². The zero-order valence-corrected chi connectivity index (χ0v) is 16.8. The number of ether oxygens (including phenoxy) is 1. The molecule has 0 N–H and O–H groups in total. The van der Waals surface area contributed by atoms with Crippen molar-refractivity contribution in [1.29, 1.82) is 0 Å². The van der Waals surface area contributed by atoms with Gasteiger partial charge >= 0.3 is 0 Å². The number of rotatable bonds is 5. The normalized spacial score (nSPS) is 14.6. The molecule has 1 saturated heterocycles. The van der Waals surface area contributed by atoms with Crippen molar-refractivity contribution in [2.24, 2.45) is 12.1 Å². The van der Waals surface area contributed by atoms with E-state index in [0.717, 1.165) is 52.9 Å². The minimum absolute atomic E-state index is 0.490. The number of imidazole rings is 1. The molecule has 0 saturated carbocycles. The van der Waals surface area contributed by atoms with Crippen LogP contribution in [0.25, 0.3) is 27.1 Å². The number of hydrogen-bond acceptors (Lipinski definition) is 5. The molecule has 1 aliphatic heterocycles. The number of fused-ring (bicyclic) bond motifs is 1. The fraction of sp³-hybridized carbons (Fsp3) is 0.364. The molecule has 148 valence electrons. The Hall–Kier alpha value is -3.24. The maximum absolute atomic E-state index is 7.10. The van der Waals surface area contributed by atoms with Crippen LogP contribution in [0.3, 0.4) is 0 Å². The van der Waals surface area contributed by atoms with Gasteiger partial charge in [0.1, 0.15) is 0 Å². The summed E-state index contributed by atoms with van der Waals surface area (Å²) in [6.45, 7) is 12.7. The van der Waals surface area contributed by atoms with E-state index in [9.17, 15) is 0 Å². The molecule has 0 bridgehead atoms. The third kappa shape index (κ3) is 4.13. The summed E-state index contributed by atoms with van der Waals surface area (Å²) in [5, 5.41) is 7.78. The summed E-state index contributed by atoms with van der Waals surface area (Å²) in [4.78, 5) is 12.6. The van der Waals surface area contributed by atoms with Gasteiger partial charge in [-0.1, -0.05) is 0 Å². The van der Waals surface area contributed by atoms with Crippen molar-refractivity contribution in [2.45, 2.75) is 13.3 Å². The van der Waals surface area contributed by atoms with Gasteiger partial charge in [0.2, 0.25) is 6.54 Å². The van der Waals surface area contributed by atoms with Crippen LogP contribution in [-0.2, 0) is 18.2 Å². The molecule has 7 heteroatoms. The van der Waals surface area contributed by atoms with Crippen molar-refractivity contribution in [3.8, 4) is 11.4 Å². The lowest BCUT2D eigenvalue weighted by atomic mass is 9.99. The van der Waals surface area contributed by atoms with Gasteiger partial charge in [0, 0.05) is 24.4 Å². The van der Waals surface area contributed by atoms with E-state index in [-0.39, 0.29) is 0 Å². The Morgan fingerprint density at radius 3 is 2.83 bits per heavy atom. The first-order valence-electron chi connectivity index (χ1n) is 9.76. The molecule has 0 unspecified atom stereocenters. The predicted octanol–water partition coefficient (Wildman–Crippen LogP) is 3.07. The first-order valence-corrected chi connectivity index (χ1v) is 9.76. The van der Waals surface area contributed by atoms with Crippen LogP contribution in [0.15, 0.2) is 35.8 Å². The zero-order chi connectivity index (χ0) is 20.2. The molecule has 1 fully saturated rings. The molecule has 4 rings (SSSR count). The average Bonchev–Trinajstić information content (AvgIpc) is 3.17. The third-order valence-electron chi connectivity index (χ3n) is 5.22. The number of benzene rings is 1. The van der Waals surface area contributed by atoms with E-state index in [1.807, 2.05) is 29.0 Å². The Morgan fingerprint density at radius 2 is 2.10 bits per heavy atom. The number of aryl methyl sites for hydroxylation is 2. The highest BCUT2D eigenvalue weighted by Gasteiger charge is 2.13. The number of aromatic nitrogens is 3. The molecule has 1 aromatic carbocycles. The lowest BCUT2D eigenvalue weighted by molar-refractivity contribution is 0.0397. The number of pyridine rings is 1. The lowest BCUT2D eigenvalue weighted by Gasteiger charge is -2.23. The fourth-order valence-corrected chi connectivity index (χ4v) is 3.55. The van der Waals surface area contributed by atoms with Crippen molar-refractivity contribution in [1.82, 2.24) is 19.5 Å². The van der Waals surface area contributed by atoms with Gasteiger partial charge in [0.25, 0.3) is 0 Å². The van der Waals surface area contributed by atoms with Crippen LogP contribution in [0.2, 0.25) is 0 Å². The molecule has 0 radical (unpaired) electrons. The number of morpholine rings is 1. The van der Waals surface area contributed by atoms with Gasteiger partial charge in [-0.25, -0.2) is 16.5 Å². The van der Waals surface area contributed by atoms with E-state index >= 15 is 0 Å². The van der Waals surface area contributed by atoms with Crippen molar-refractivity contribution >= 4 is 17.1 Å². The van der Waals surface area contributed by atoms with Crippen LogP contribution in [-0.4, -0.2) is 58.6 Å². The van der Waals surface area contributed by atoms with Gasteiger partial charge in [-0.05, 0) is 36.2 Å². The van der Waals surface area contributed by atoms with E-state index < -0.39 is 0 Å². The summed E-state index contributed by atoms with van der Waals surface area (Å²) in [6, 6.07) is 6.34. The molecular formula is C22H24N6O. The highest BCUT2D eigenvalue weighted by molar-refractivity contribution is 6.00. The minimum atomic E-state index is 0.490. The molecule has 3 heterocycles. The van der Waals surface area contributed by atoms with Crippen molar-refractivity contribution < 1.29 is 4.74 Å². The Kier molecular flexibility index (Phi) is 5.54. The molecule has 29 heavy (non-hydrogen) atoms. The highest BCUT2D eigenvalue weighted by Crippen LogP contribution is 2.26. The van der Waals surface area contributed by atoms with Crippen LogP contribution >= 0.6 is 0 Å². The molecule has 0 amide bonds. The number of hydrogen-bond donors (Lipinski definition) is 0. The largest absolute Gasteiger partial charge is 0.378 e. The molecule has 2 aromatic heterocycles. The summed E-state index contributed by atoms with van der Waals surface area (Å²) < 4.78 is 7.38. The highest BCUT2D eigenvalue weighted by atomic mass is 16.5. The Balaban J connectivity index is 1.82. The summed E-state index contributed by atoms with van der Waals surface area (Å²) in [5.74, 6) is 0. The van der Waals surface area contributed by atoms with E-state index in [1.54, 1.807) is 6.33 Å². The Morgan fingerprint density at radius 1 is 1.28 bits per heavy atom. The monoisotopic (exact) mass is 388 g/mol. The van der Waals surface area contributed by atoms with E-state index in [4.69, 9.17) is 21.4 Å². The SMILES string of the molecule is [C-]#[N+]CCc1cc2c(C=NN3CCOCC3)cc(-c3cncn3C)nc2cc1C. The second kappa shape index (κ2) is 8.41. The van der Waals surface area contributed by atoms with Gasteiger partial charge in [0.15, 0.2) is 0 Å². The standard InChI is InChI=1S/C22H24N6O/c1-16-10-20-19(11-17(16)4-5-23-2)18(13-25-28-6-8-29-9-7-28)12-21(26-20)22-14-24-15-27(22)3/h10-15H,4-9H2,1,3H3. The van der Waals surface area contributed by atoms with Gasteiger partial charge < -0.3 is 14.1 Å². The van der Waals surface area contributed by atoms with Crippen LogP contribution in [0.5, 0.6) is 0 Å². The molecule has 1 aliphatic rings. The van der Waals surface area contributed by atoms with Gasteiger partial charge in [-0.15, -0.1) is 0 Å². The quantitative estimate of drug-likeness (QED) is 0.498. The van der Waals surface area contributed by atoms with Crippen LogP contribution in [0.1, 0.15) is 16.7 Å². The maximum Gasteiger partial charge on any atom is 0.218 e. The second-order valence-electron chi connectivity index (χ2n) is 7.22. The average molecular weight is 388 g/mol. The molecule has 3 aromatic rings. The second-order valence-corrected chi connectivity index (χ2v) is 7.22. The zero-order valence-electron chi connectivity index (χ0n) is 16.8. The van der Waals surface area contributed by atoms with Crippen LogP contribution in [0, 0.1) is 13.5 Å². The fourth-order valence-electron chi connectivity index (χ4n) is 3.55. The number of hydrazone groups is 1. The smallest absolute Gasteiger partial charge is 0.218 e. The van der Waals surface area contributed by atoms with Crippen molar-refractivity contribution in [2.75, 3.05) is 32.8 Å². The molecule has 0 aliphatic carbocycles. The summed E-state index contributed by atoms with van der Waals surface area (Å²) >= 11 is 0. The summed E-state index contributed by atoms with van der Waals surface area (Å²) in [6.07, 6.45) is 6.27. The molecule has 7 nitrogen and oxygen atoms in total. The van der Waals surface area contributed by atoms with Gasteiger partial charge in [0.05, 0.1) is 61.9 Å². The third-order valence-corrected chi connectivity index (χ3v) is 5.22. The van der Waals surface area contributed by atoms with Crippen LogP contribution < -0.4 is 0 Å². The van der Waals surface area contributed by atoms with Crippen molar-refractivity contribution in [3.63, 3.8) is 0 Å². The minimum Gasteiger partial charge on any atom is -0.378 e. The summed E-state index contributed by atoms with van der Waals surface area (Å²) in [5.41, 5.74) is 6.12. The molecular weight excluding hydrogens is 364 g/mol. The summed E-state index contributed by atoms with van der Waals surface area (Å²) in [7, 11) is 1.97. The predicted molar refractivity (Wildman–Crippen MR) is 114 cm³/mol. The van der Waals surface area contributed by atoms with Crippen LogP contribution in [0.4, 0.5) is 0 Å². The maximum atomic E-state index is 7.10. The van der Waals surface area contributed by atoms with Crippen molar-refractivity contribution in [3.05, 3.63) is 58.8 Å². The molecule has 0 atom stereocenters. The first kappa shape index (κ1) is 19.1. The number of nitrogens with zero attached hydrogens (tertiary/aromatic N) is 6. The Labute approximate surface area is 170 Å². The lowest BCUT2D eigenvalue weighted by Crippen LogP contribution is -2.32.